The van der Waals surface area contributed by atoms with E-state index >= 15 is 0 Å². The van der Waals surface area contributed by atoms with Gasteiger partial charge in [0, 0.05) is 25.0 Å². The average molecular weight is 548 g/mol. The van der Waals surface area contributed by atoms with E-state index in [1.54, 1.807) is 13.8 Å². The minimum Gasteiger partial charge on any atom is -0.447 e. The fraction of sp³-hybridized carbons (Fsp3) is 0.577. The maximum Gasteiger partial charge on any atom is 0.475 e. The molecule has 0 spiro atoms. The molecule has 2 aliphatic heterocycles. The number of aryl methyl sites for hydroxylation is 1. The number of likely N-dealkylation sites (tertiary alicyclic amines) is 1. The zero-order valence-corrected chi connectivity index (χ0v) is 22.4. The Balaban J connectivity index is 1.62. The van der Waals surface area contributed by atoms with Crippen molar-refractivity contribution in [2.45, 2.75) is 57.1 Å². The standard InChI is InChI=1S/C26H35BF2N4O6/c1-18-4-6-19(7-5-18)12-22(27(36)37)31-24(35)39-16-21-15-38-11-10-33(21)23(34)20(14-30)13-25(2,3)32-9-8-26(28,29)17-32/h4-7,13,21-22,36-37H,8-12,15-17H2,1-3H3,(H,31,35)/t21?,22-/m0/s1. The van der Waals surface area contributed by atoms with Crippen LogP contribution in [-0.4, -0.2) is 102 Å². The molecule has 212 valence electrons. The molecule has 3 N–H and O–H groups in total. The number of morpholine rings is 1. The quantitative estimate of drug-likeness (QED) is 0.240. The number of halogens is 2. The smallest absolute Gasteiger partial charge is 0.447 e. The van der Waals surface area contributed by atoms with Crippen molar-refractivity contribution in [1.29, 1.82) is 5.26 Å². The van der Waals surface area contributed by atoms with Crippen LogP contribution in [0, 0.1) is 18.3 Å². The number of hydrogen-bond donors (Lipinski definition) is 3. The number of nitrogens with zero attached hydrogens (tertiary/aromatic N) is 3. The van der Waals surface area contributed by atoms with Crippen LogP contribution in [-0.2, 0) is 20.7 Å². The van der Waals surface area contributed by atoms with Gasteiger partial charge in [0.1, 0.15) is 18.2 Å². The van der Waals surface area contributed by atoms with E-state index in [4.69, 9.17) is 9.47 Å². The van der Waals surface area contributed by atoms with Gasteiger partial charge in [-0.25, -0.2) is 13.6 Å². The normalized spacial score (nSPS) is 20.7. The predicted molar refractivity (Wildman–Crippen MR) is 139 cm³/mol. The highest BCUT2D eigenvalue weighted by molar-refractivity contribution is 6.43. The Morgan fingerprint density at radius 1 is 1.33 bits per heavy atom. The molecule has 1 aromatic carbocycles. The minimum atomic E-state index is -2.82. The Hall–Kier alpha value is -3.05. The van der Waals surface area contributed by atoms with Crippen molar-refractivity contribution >= 4 is 19.1 Å². The number of ether oxygens (including phenoxy) is 2. The molecule has 0 radical (unpaired) electrons. The second kappa shape index (κ2) is 12.9. The molecule has 0 aliphatic carbocycles. The molecule has 2 heterocycles. The van der Waals surface area contributed by atoms with Crippen molar-refractivity contribution in [3.05, 3.63) is 47.0 Å². The van der Waals surface area contributed by atoms with Gasteiger partial charge in [-0.2, -0.15) is 5.26 Å². The Morgan fingerprint density at radius 3 is 2.62 bits per heavy atom. The number of nitrogens with one attached hydrogen (secondary N) is 1. The number of carbonyl (C=O) groups excluding carboxylic acids is 2. The number of alkyl carbamates (subject to hydrolysis) is 1. The lowest BCUT2D eigenvalue weighted by Crippen LogP contribution is -2.53. The van der Waals surface area contributed by atoms with Crippen LogP contribution in [0.25, 0.3) is 0 Å². The van der Waals surface area contributed by atoms with Crippen LogP contribution in [0.5, 0.6) is 0 Å². The van der Waals surface area contributed by atoms with Gasteiger partial charge >= 0.3 is 13.2 Å². The molecular weight excluding hydrogens is 513 g/mol. The number of nitriles is 1. The van der Waals surface area contributed by atoms with E-state index in [1.165, 1.54) is 15.9 Å². The lowest BCUT2D eigenvalue weighted by molar-refractivity contribution is -0.137. The lowest BCUT2D eigenvalue weighted by atomic mass is 9.76. The van der Waals surface area contributed by atoms with E-state index in [9.17, 15) is 33.7 Å². The van der Waals surface area contributed by atoms with E-state index in [0.29, 0.717) is 0 Å². The fourth-order valence-corrected chi connectivity index (χ4v) is 4.60. The first kappa shape index (κ1) is 30.5. The van der Waals surface area contributed by atoms with E-state index in [0.717, 1.165) is 11.1 Å². The number of carbonyl (C=O) groups is 2. The zero-order chi connectivity index (χ0) is 28.8. The van der Waals surface area contributed by atoms with Crippen molar-refractivity contribution in [1.82, 2.24) is 15.1 Å². The molecule has 39 heavy (non-hydrogen) atoms. The largest absolute Gasteiger partial charge is 0.475 e. The summed E-state index contributed by atoms with van der Waals surface area (Å²) in [5, 5.41) is 31.6. The molecule has 10 nitrogen and oxygen atoms in total. The second-order valence-electron chi connectivity index (χ2n) is 10.5. The van der Waals surface area contributed by atoms with Crippen LogP contribution < -0.4 is 5.32 Å². The summed E-state index contributed by atoms with van der Waals surface area (Å²) in [6.07, 6.45) is 0.351. The summed E-state index contributed by atoms with van der Waals surface area (Å²) >= 11 is 0. The number of rotatable bonds is 9. The molecule has 2 fully saturated rings. The molecular formula is C26H35BF2N4O6. The highest BCUT2D eigenvalue weighted by atomic mass is 19.3. The summed E-state index contributed by atoms with van der Waals surface area (Å²) in [7, 11) is -1.84. The maximum atomic E-state index is 13.8. The lowest BCUT2D eigenvalue weighted by Gasteiger charge is -2.36. The Bertz CT molecular complexity index is 1090. The topological polar surface area (TPSA) is 135 Å². The molecule has 0 saturated carbocycles. The molecule has 2 saturated heterocycles. The van der Waals surface area contributed by atoms with Gasteiger partial charge in [-0.15, -0.1) is 0 Å². The SMILES string of the molecule is Cc1ccc(C[C@H](NC(=O)OCC2COCCN2C(=O)C(C#N)=CC(C)(C)N2CCC(F)(F)C2)B(O)O)cc1. The molecule has 0 bridgehead atoms. The molecule has 2 amide bonds. The van der Waals surface area contributed by atoms with Crippen molar-refractivity contribution in [3.8, 4) is 6.07 Å². The van der Waals surface area contributed by atoms with Crippen molar-refractivity contribution in [2.24, 2.45) is 0 Å². The first-order chi connectivity index (χ1) is 18.3. The first-order valence-electron chi connectivity index (χ1n) is 12.8. The number of amides is 2. The fourth-order valence-electron chi connectivity index (χ4n) is 4.60. The molecule has 1 aromatic rings. The molecule has 13 heteroatoms. The van der Waals surface area contributed by atoms with E-state index < -0.39 is 49.1 Å². The molecule has 0 aromatic heterocycles. The van der Waals surface area contributed by atoms with Gasteiger partial charge in [0.2, 0.25) is 0 Å². The average Bonchev–Trinajstić information content (AvgIpc) is 3.27. The maximum absolute atomic E-state index is 13.8. The third kappa shape index (κ3) is 8.47. The van der Waals surface area contributed by atoms with E-state index in [1.807, 2.05) is 37.3 Å². The third-order valence-corrected chi connectivity index (χ3v) is 6.97. The molecule has 2 atom stereocenters. The Kier molecular flexibility index (Phi) is 10.1. The van der Waals surface area contributed by atoms with Crippen LogP contribution >= 0.6 is 0 Å². The van der Waals surface area contributed by atoms with Crippen LogP contribution in [0.2, 0.25) is 0 Å². The van der Waals surface area contributed by atoms with Gasteiger partial charge in [-0.05, 0) is 38.8 Å². The second-order valence-corrected chi connectivity index (χ2v) is 10.5. The number of hydrogen-bond acceptors (Lipinski definition) is 8. The van der Waals surface area contributed by atoms with Gasteiger partial charge in [0.15, 0.2) is 0 Å². The third-order valence-electron chi connectivity index (χ3n) is 6.97. The van der Waals surface area contributed by atoms with Crippen LogP contribution in [0.1, 0.15) is 31.4 Å². The summed E-state index contributed by atoms with van der Waals surface area (Å²) < 4.78 is 38.2. The minimum absolute atomic E-state index is 0.0505. The van der Waals surface area contributed by atoms with Crippen molar-refractivity contribution in [2.75, 3.05) is 39.5 Å². The summed E-state index contributed by atoms with van der Waals surface area (Å²) in [5.74, 6) is -4.47. The molecule has 2 aliphatic rings. The Morgan fingerprint density at radius 2 is 2.03 bits per heavy atom. The Labute approximate surface area is 227 Å². The van der Waals surface area contributed by atoms with Gasteiger partial charge in [0.25, 0.3) is 11.8 Å². The van der Waals surface area contributed by atoms with Gasteiger partial charge < -0.3 is 29.7 Å². The summed E-state index contributed by atoms with van der Waals surface area (Å²) in [6.45, 7) is 5.08. The summed E-state index contributed by atoms with van der Waals surface area (Å²) in [6, 6.07) is 8.56. The van der Waals surface area contributed by atoms with Gasteiger partial charge in [-0.3, -0.25) is 9.69 Å². The van der Waals surface area contributed by atoms with Crippen LogP contribution in [0.4, 0.5) is 13.6 Å². The highest BCUT2D eigenvalue weighted by Gasteiger charge is 2.43. The number of alkyl halides is 2. The highest BCUT2D eigenvalue weighted by Crippen LogP contribution is 2.33. The molecule has 3 rings (SSSR count). The van der Waals surface area contributed by atoms with Crippen molar-refractivity contribution < 1.29 is 37.9 Å². The van der Waals surface area contributed by atoms with Crippen LogP contribution in [0.3, 0.4) is 0 Å². The summed E-state index contributed by atoms with van der Waals surface area (Å²) in [4.78, 5) is 28.7. The van der Waals surface area contributed by atoms with E-state index in [2.05, 4.69) is 5.32 Å². The first-order valence-corrected chi connectivity index (χ1v) is 12.8. The predicted octanol–water partition coefficient (Wildman–Crippen LogP) is 1.44. The molecule has 1 unspecified atom stereocenters. The van der Waals surface area contributed by atoms with Gasteiger partial charge in [-0.1, -0.05) is 29.8 Å². The van der Waals surface area contributed by atoms with Gasteiger partial charge in [0.05, 0.1) is 31.7 Å². The summed E-state index contributed by atoms with van der Waals surface area (Å²) in [5.41, 5.74) is 0.661. The van der Waals surface area contributed by atoms with Crippen molar-refractivity contribution in [3.63, 3.8) is 0 Å². The number of benzene rings is 1. The van der Waals surface area contributed by atoms with Crippen LogP contribution in [0.15, 0.2) is 35.9 Å². The van der Waals surface area contributed by atoms with E-state index in [-0.39, 0.29) is 51.3 Å². The monoisotopic (exact) mass is 548 g/mol. The zero-order valence-electron chi connectivity index (χ0n) is 22.4.